The quantitative estimate of drug-likeness (QED) is 0.0284. The minimum Gasteiger partial charge on any atom is -0.479 e. The number of rotatable bonds is 34. The van der Waals surface area contributed by atoms with Crippen molar-refractivity contribution >= 4 is 17.9 Å². The Kier molecular flexibility index (Phi) is 30.4. The summed E-state index contributed by atoms with van der Waals surface area (Å²) in [5.74, 6) is -2.45. The molecule has 1 fully saturated rings. The molecule has 1 heterocycles. The van der Waals surface area contributed by atoms with E-state index >= 15 is 0 Å². The van der Waals surface area contributed by atoms with Crippen molar-refractivity contribution in [3.05, 3.63) is 24.3 Å². The van der Waals surface area contributed by atoms with E-state index in [9.17, 15) is 34.8 Å². The largest absolute Gasteiger partial charge is 0.479 e. The normalized spacial score (nSPS) is 21.0. The first kappa shape index (κ1) is 48.7. The number of aliphatic carboxylic acids is 1. The minimum atomic E-state index is -1.86. The summed E-state index contributed by atoms with van der Waals surface area (Å²) in [4.78, 5) is 36.6. The Morgan fingerprint density at radius 3 is 1.58 bits per heavy atom. The first-order valence-electron chi connectivity index (χ1n) is 20.9. The van der Waals surface area contributed by atoms with Crippen LogP contribution >= 0.6 is 0 Å². The molecule has 1 aliphatic heterocycles. The van der Waals surface area contributed by atoms with Crippen LogP contribution in [0.15, 0.2) is 24.3 Å². The number of carboxylic acid groups (broad SMARTS) is 1. The Balaban J connectivity index is 2.36. The summed E-state index contributed by atoms with van der Waals surface area (Å²) in [6.45, 7) is 3.75. The maximum atomic E-state index is 12.7. The van der Waals surface area contributed by atoms with Crippen molar-refractivity contribution in [2.75, 3.05) is 13.2 Å². The van der Waals surface area contributed by atoms with E-state index in [4.69, 9.17) is 18.9 Å². The number of hydrogen-bond donors (Lipinski definition) is 4. The fourth-order valence-corrected chi connectivity index (χ4v) is 6.20. The number of ether oxygens (including phenoxy) is 4. The predicted octanol–water partition coefficient (Wildman–Crippen LogP) is 8.25. The number of esters is 2. The third-order valence-corrected chi connectivity index (χ3v) is 9.55. The monoisotopic (exact) mass is 755 g/mol. The highest BCUT2D eigenvalue weighted by molar-refractivity contribution is 5.73. The number of unbranched alkanes of at least 4 members (excludes halogenated alkanes) is 19. The van der Waals surface area contributed by atoms with E-state index < -0.39 is 54.7 Å². The Labute approximate surface area is 319 Å². The highest BCUT2D eigenvalue weighted by Crippen LogP contribution is 2.23. The molecule has 6 unspecified atom stereocenters. The number of carbonyl (C=O) groups is 3. The Morgan fingerprint density at radius 1 is 0.585 bits per heavy atom. The molecule has 0 saturated carbocycles. The summed E-state index contributed by atoms with van der Waals surface area (Å²) in [6, 6.07) is 0. The number of carboxylic acids is 1. The predicted molar refractivity (Wildman–Crippen MR) is 206 cm³/mol. The van der Waals surface area contributed by atoms with Gasteiger partial charge in [-0.1, -0.05) is 141 Å². The van der Waals surface area contributed by atoms with Gasteiger partial charge in [-0.05, 0) is 44.9 Å². The molecule has 0 radical (unpaired) electrons. The van der Waals surface area contributed by atoms with Crippen LogP contribution < -0.4 is 0 Å². The molecule has 0 aromatic carbocycles. The molecule has 0 aliphatic carbocycles. The van der Waals surface area contributed by atoms with Crippen LogP contribution in [0.5, 0.6) is 0 Å². The van der Waals surface area contributed by atoms with Gasteiger partial charge in [0.2, 0.25) is 0 Å². The summed E-state index contributed by atoms with van der Waals surface area (Å²) in [7, 11) is 0. The molecule has 0 aromatic rings. The average Bonchev–Trinajstić information content (AvgIpc) is 3.14. The van der Waals surface area contributed by atoms with Gasteiger partial charge in [0.25, 0.3) is 0 Å². The van der Waals surface area contributed by atoms with Crippen molar-refractivity contribution in [3.63, 3.8) is 0 Å². The van der Waals surface area contributed by atoms with Gasteiger partial charge in [-0.3, -0.25) is 9.59 Å². The van der Waals surface area contributed by atoms with Gasteiger partial charge in [0.15, 0.2) is 18.5 Å². The molecule has 0 bridgehead atoms. The lowest BCUT2D eigenvalue weighted by atomic mass is 9.99. The van der Waals surface area contributed by atoms with E-state index in [1.807, 2.05) is 0 Å². The molecule has 0 amide bonds. The Hall–Kier alpha value is -2.31. The molecule has 4 N–H and O–H groups in total. The lowest BCUT2D eigenvalue weighted by Crippen LogP contribution is -2.60. The summed E-state index contributed by atoms with van der Waals surface area (Å²) < 4.78 is 21.6. The smallest absolute Gasteiger partial charge is 0.335 e. The van der Waals surface area contributed by atoms with Crippen molar-refractivity contribution in [1.29, 1.82) is 0 Å². The van der Waals surface area contributed by atoms with E-state index in [-0.39, 0.29) is 26.1 Å². The lowest BCUT2D eigenvalue weighted by molar-refractivity contribution is -0.298. The maximum Gasteiger partial charge on any atom is 0.335 e. The van der Waals surface area contributed by atoms with Crippen LogP contribution in [0, 0.1) is 0 Å². The first-order valence-corrected chi connectivity index (χ1v) is 20.9. The lowest BCUT2D eigenvalue weighted by Gasteiger charge is -2.38. The number of aliphatic hydroxyl groups is 3. The zero-order chi connectivity index (χ0) is 38.9. The minimum absolute atomic E-state index is 0.183. The van der Waals surface area contributed by atoms with Crippen LogP contribution in [-0.2, 0) is 33.3 Å². The molecule has 53 heavy (non-hydrogen) atoms. The van der Waals surface area contributed by atoms with Gasteiger partial charge < -0.3 is 39.4 Å². The number of carbonyl (C=O) groups excluding carboxylic acids is 2. The van der Waals surface area contributed by atoms with Gasteiger partial charge in [-0.2, -0.15) is 0 Å². The second-order valence-electron chi connectivity index (χ2n) is 14.5. The highest BCUT2D eigenvalue weighted by atomic mass is 16.7. The SMILES string of the molecule is CCCCCC/C=C\C/C=C\CCCCCCCCCC(=O)OCC(COC1OC(C(=O)O)C(O)C(O)C1O)OC(=O)CCCCCCCCCCC. The number of hydrogen-bond acceptors (Lipinski definition) is 10. The third-order valence-electron chi connectivity index (χ3n) is 9.55. The first-order chi connectivity index (χ1) is 25.7. The van der Waals surface area contributed by atoms with Crippen molar-refractivity contribution in [1.82, 2.24) is 0 Å². The molecule has 6 atom stereocenters. The number of allylic oxidation sites excluding steroid dienone is 4. The van der Waals surface area contributed by atoms with E-state index in [1.165, 1.54) is 83.5 Å². The van der Waals surface area contributed by atoms with Gasteiger partial charge >= 0.3 is 17.9 Å². The molecule has 308 valence electrons. The maximum absolute atomic E-state index is 12.7. The second kappa shape index (κ2) is 33.1. The molecule has 1 saturated heterocycles. The number of aliphatic hydroxyl groups excluding tert-OH is 3. The van der Waals surface area contributed by atoms with E-state index in [0.717, 1.165) is 51.4 Å². The van der Waals surface area contributed by atoms with Crippen molar-refractivity contribution in [3.8, 4) is 0 Å². The fourth-order valence-electron chi connectivity index (χ4n) is 6.20. The standard InChI is InChI=1S/C42H74O11/c1-3-5-7-9-11-13-14-15-16-17-18-19-20-21-23-24-26-28-30-35(43)50-32-34(52-36(44)31-29-27-25-22-12-10-8-6-4-2)33-51-42-39(47)37(45)38(46)40(53-42)41(48)49/h13-14,16-17,34,37-40,42,45-47H,3-12,15,18-33H2,1-2H3,(H,48,49)/b14-13-,17-16-. The van der Waals surface area contributed by atoms with Crippen LogP contribution in [0.1, 0.15) is 174 Å². The third kappa shape index (κ3) is 25.4. The van der Waals surface area contributed by atoms with Crippen molar-refractivity contribution < 1.29 is 53.8 Å². The van der Waals surface area contributed by atoms with Gasteiger partial charge in [0.1, 0.15) is 24.9 Å². The van der Waals surface area contributed by atoms with Crippen LogP contribution in [0.3, 0.4) is 0 Å². The van der Waals surface area contributed by atoms with Gasteiger partial charge in [0.05, 0.1) is 6.61 Å². The Bertz CT molecular complexity index is 984. The van der Waals surface area contributed by atoms with E-state index in [1.54, 1.807) is 0 Å². The molecule has 11 nitrogen and oxygen atoms in total. The summed E-state index contributed by atoms with van der Waals surface area (Å²) >= 11 is 0. The fraction of sp³-hybridized carbons (Fsp3) is 0.833. The zero-order valence-corrected chi connectivity index (χ0v) is 33.0. The van der Waals surface area contributed by atoms with E-state index in [0.29, 0.717) is 12.8 Å². The summed E-state index contributed by atoms with van der Waals surface area (Å²) in [6.07, 6.45) is 25.3. The second-order valence-corrected chi connectivity index (χ2v) is 14.5. The molecule has 1 aliphatic rings. The van der Waals surface area contributed by atoms with Crippen molar-refractivity contribution in [2.24, 2.45) is 0 Å². The average molecular weight is 755 g/mol. The molecule has 0 spiro atoms. The van der Waals surface area contributed by atoms with Crippen LogP contribution in [0.25, 0.3) is 0 Å². The zero-order valence-electron chi connectivity index (χ0n) is 33.0. The van der Waals surface area contributed by atoms with Crippen LogP contribution in [0.2, 0.25) is 0 Å². The molecule has 11 heteroatoms. The van der Waals surface area contributed by atoms with Gasteiger partial charge in [-0.15, -0.1) is 0 Å². The summed E-state index contributed by atoms with van der Waals surface area (Å²) in [5, 5.41) is 39.7. The molecule has 1 rings (SSSR count). The van der Waals surface area contributed by atoms with Crippen molar-refractivity contribution in [2.45, 2.75) is 211 Å². The molecular formula is C42H74O11. The van der Waals surface area contributed by atoms with Gasteiger partial charge in [-0.25, -0.2) is 4.79 Å². The topological polar surface area (TPSA) is 169 Å². The Morgan fingerprint density at radius 2 is 1.06 bits per heavy atom. The van der Waals surface area contributed by atoms with E-state index in [2.05, 4.69) is 38.2 Å². The highest BCUT2D eigenvalue weighted by Gasteiger charge is 2.47. The summed E-state index contributed by atoms with van der Waals surface area (Å²) in [5.41, 5.74) is 0. The molecule has 0 aromatic heterocycles. The van der Waals surface area contributed by atoms with Crippen LogP contribution in [0.4, 0.5) is 0 Å². The van der Waals surface area contributed by atoms with Crippen LogP contribution in [-0.4, -0.2) is 88.4 Å². The van der Waals surface area contributed by atoms with Gasteiger partial charge in [0, 0.05) is 12.8 Å². The molecular weight excluding hydrogens is 680 g/mol.